The molecule has 1 radical (unpaired) electrons. The van der Waals surface area contributed by atoms with Gasteiger partial charge in [0.15, 0.2) is 0 Å². The van der Waals surface area contributed by atoms with E-state index in [0.29, 0.717) is 25.9 Å². The second-order valence-electron chi connectivity index (χ2n) is 4.76. The molecule has 0 aromatic carbocycles. The Bertz CT molecular complexity index is 391. The Morgan fingerprint density at radius 2 is 2.11 bits per heavy atom. The number of aliphatic hydroxyl groups is 1. The first-order valence-electron chi connectivity index (χ1n) is 6.31. The van der Waals surface area contributed by atoms with Gasteiger partial charge in [0.25, 0.3) is 0 Å². The molecule has 1 amide bonds. The van der Waals surface area contributed by atoms with Crippen LogP contribution in [0.4, 0.5) is 0 Å². The zero-order chi connectivity index (χ0) is 14.5. The van der Waals surface area contributed by atoms with Crippen molar-refractivity contribution in [3.05, 3.63) is 6.42 Å². The van der Waals surface area contributed by atoms with Crippen LogP contribution in [0.15, 0.2) is 0 Å². The predicted molar refractivity (Wildman–Crippen MR) is 71.6 cm³/mol. The van der Waals surface area contributed by atoms with Gasteiger partial charge in [-0.25, -0.2) is 13.1 Å². The van der Waals surface area contributed by atoms with Crippen LogP contribution < -0.4 is 10.5 Å². The Morgan fingerprint density at radius 3 is 2.58 bits per heavy atom. The Morgan fingerprint density at radius 1 is 1.53 bits per heavy atom. The molecular weight excluding hydrogens is 270 g/mol. The Labute approximate surface area is 114 Å². The third-order valence-corrected chi connectivity index (χ3v) is 4.67. The molecule has 1 atom stereocenters. The minimum absolute atomic E-state index is 0.117. The van der Waals surface area contributed by atoms with Crippen LogP contribution >= 0.6 is 0 Å². The number of amides is 1. The highest BCUT2D eigenvalue weighted by atomic mass is 32.2. The van der Waals surface area contributed by atoms with Gasteiger partial charge in [-0.3, -0.25) is 9.69 Å². The molecule has 7 nitrogen and oxygen atoms in total. The van der Waals surface area contributed by atoms with Gasteiger partial charge in [0.2, 0.25) is 15.9 Å². The summed E-state index contributed by atoms with van der Waals surface area (Å²) in [6.07, 6.45) is 2.60. The van der Waals surface area contributed by atoms with Gasteiger partial charge in [0.1, 0.15) is 0 Å². The molecule has 1 saturated heterocycles. The lowest BCUT2D eigenvalue weighted by molar-refractivity contribution is -0.123. The first-order chi connectivity index (χ1) is 8.85. The van der Waals surface area contributed by atoms with Crippen LogP contribution in [0.5, 0.6) is 0 Å². The van der Waals surface area contributed by atoms with Crippen molar-refractivity contribution >= 4 is 15.9 Å². The summed E-state index contributed by atoms with van der Waals surface area (Å²) in [5.74, 6) is -0.543. The third-order valence-electron chi connectivity index (χ3n) is 3.30. The summed E-state index contributed by atoms with van der Waals surface area (Å²) in [5.41, 5.74) is 5.24. The van der Waals surface area contributed by atoms with Crippen LogP contribution in [-0.2, 0) is 14.8 Å². The number of sulfonamides is 1. The summed E-state index contributed by atoms with van der Waals surface area (Å²) < 4.78 is 25.9. The van der Waals surface area contributed by atoms with Crippen molar-refractivity contribution in [1.29, 1.82) is 0 Å². The maximum atomic E-state index is 11.6. The molecule has 0 aliphatic carbocycles. The second-order valence-corrected chi connectivity index (χ2v) is 6.56. The number of carbonyl (C=O) groups is 1. The molecule has 1 aliphatic heterocycles. The van der Waals surface area contributed by atoms with Crippen LogP contribution in [0.1, 0.15) is 19.8 Å². The van der Waals surface area contributed by atoms with Crippen molar-refractivity contribution in [2.75, 3.05) is 25.4 Å². The fraction of sp³-hybridized carbons (Fsp3) is 0.818. The van der Waals surface area contributed by atoms with Gasteiger partial charge in [-0.15, -0.1) is 0 Å². The summed E-state index contributed by atoms with van der Waals surface area (Å²) in [7, 11) is -3.37. The SMILES string of the molecule is C[C@@H](C(N)=O)N1CCC(NS(=O)(=O)C[CH]CO)CC1. The number of nitrogens with one attached hydrogen (secondary N) is 1. The lowest BCUT2D eigenvalue weighted by Gasteiger charge is -2.34. The molecule has 0 saturated carbocycles. The Kier molecular flexibility index (Phi) is 6.18. The predicted octanol–water partition coefficient (Wildman–Crippen LogP) is -1.56. The highest BCUT2D eigenvalue weighted by Crippen LogP contribution is 2.14. The number of hydrogen-bond acceptors (Lipinski definition) is 5. The van der Waals surface area contributed by atoms with E-state index in [2.05, 4.69) is 4.72 Å². The van der Waals surface area contributed by atoms with Gasteiger partial charge < -0.3 is 10.8 Å². The third kappa shape index (κ3) is 5.43. The fourth-order valence-corrected chi connectivity index (χ4v) is 3.35. The van der Waals surface area contributed by atoms with E-state index in [-0.39, 0.29) is 30.4 Å². The fourth-order valence-electron chi connectivity index (χ4n) is 2.09. The molecule has 0 unspecified atom stereocenters. The van der Waals surface area contributed by atoms with Crippen LogP contribution in [0, 0.1) is 6.42 Å². The number of nitrogens with two attached hydrogens (primary N) is 1. The summed E-state index contributed by atoms with van der Waals surface area (Å²) >= 11 is 0. The van der Waals surface area contributed by atoms with Crippen LogP contribution in [0.3, 0.4) is 0 Å². The average molecular weight is 292 g/mol. The molecule has 0 aromatic rings. The first-order valence-corrected chi connectivity index (χ1v) is 7.97. The quantitative estimate of drug-likeness (QED) is 0.525. The first kappa shape index (κ1) is 16.4. The molecule has 1 fully saturated rings. The molecule has 1 heterocycles. The Balaban J connectivity index is 2.40. The number of piperidine rings is 1. The lowest BCUT2D eigenvalue weighted by Crippen LogP contribution is -2.50. The normalized spacial score (nSPS) is 20.3. The van der Waals surface area contributed by atoms with Crippen molar-refractivity contribution in [1.82, 2.24) is 9.62 Å². The van der Waals surface area contributed by atoms with Gasteiger partial charge in [0, 0.05) is 32.2 Å². The summed E-state index contributed by atoms with van der Waals surface area (Å²) in [6, 6.07) is -0.436. The van der Waals surface area contributed by atoms with Crippen molar-refractivity contribution < 1.29 is 18.3 Å². The smallest absolute Gasteiger partial charge is 0.234 e. The largest absolute Gasteiger partial charge is 0.396 e. The molecule has 0 spiro atoms. The number of likely N-dealkylation sites (tertiary alicyclic amines) is 1. The second kappa shape index (κ2) is 7.18. The molecule has 1 aliphatic rings. The molecule has 111 valence electrons. The van der Waals surface area contributed by atoms with Crippen LogP contribution in [-0.4, -0.2) is 61.9 Å². The van der Waals surface area contributed by atoms with Gasteiger partial charge in [-0.05, 0) is 19.8 Å². The zero-order valence-corrected chi connectivity index (χ0v) is 11.9. The summed E-state index contributed by atoms with van der Waals surface area (Å²) in [5, 5.41) is 8.59. The van der Waals surface area contributed by atoms with E-state index in [4.69, 9.17) is 10.8 Å². The van der Waals surface area contributed by atoms with E-state index >= 15 is 0 Å². The van der Waals surface area contributed by atoms with Crippen molar-refractivity contribution in [3.8, 4) is 0 Å². The van der Waals surface area contributed by atoms with Crippen molar-refractivity contribution in [2.24, 2.45) is 5.73 Å². The van der Waals surface area contributed by atoms with Gasteiger partial charge in [0.05, 0.1) is 11.8 Å². The molecule has 0 bridgehead atoms. The van der Waals surface area contributed by atoms with Gasteiger partial charge >= 0.3 is 0 Å². The summed E-state index contributed by atoms with van der Waals surface area (Å²) in [4.78, 5) is 13.0. The van der Waals surface area contributed by atoms with E-state index in [9.17, 15) is 13.2 Å². The lowest BCUT2D eigenvalue weighted by atomic mass is 10.0. The van der Waals surface area contributed by atoms with Gasteiger partial charge in [-0.1, -0.05) is 0 Å². The molecule has 19 heavy (non-hydrogen) atoms. The van der Waals surface area contributed by atoms with Crippen LogP contribution in [0.2, 0.25) is 0 Å². The highest BCUT2D eigenvalue weighted by Gasteiger charge is 2.27. The van der Waals surface area contributed by atoms with Crippen LogP contribution in [0.25, 0.3) is 0 Å². The van der Waals surface area contributed by atoms with E-state index in [0.717, 1.165) is 0 Å². The van der Waals surface area contributed by atoms with E-state index < -0.39 is 10.0 Å². The number of primary amides is 1. The molecule has 4 N–H and O–H groups in total. The van der Waals surface area contributed by atoms with E-state index in [1.165, 1.54) is 6.42 Å². The summed E-state index contributed by atoms with van der Waals surface area (Å²) in [6.45, 7) is 2.78. The number of carbonyl (C=O) groups excluding carboxylic acids is 1. The van der Waals surface area contributed by atoms with E-state index in [1.54, 1.807) is 6.92 Å². The van der Waals surface area contributed by atoms with Crippen molar-refractivity contribution in [2.45, 2.75) is 31.8 Å². The van der Waals surface area contributed by atoms with E-state index in [1.807, 2.05) is 4.90 Å². The molecule has 0 aromatic heterocycles. The highest BCUT2D eigenvalue weighted by molar-refractivity contribution is 7.89. The Hall–Kier alpha value is -0.700. The minimum atomic E-state index is -3.37. The number of nitrogens with zero attached hydrogens (tertiary/aromatic N) is 1. The number of aliphatic hydroxyl groups excluding tert-OH is 1. The molecule has 8 heteroatoms. The molecular formula is C11H22N3O4S. The van der Waals surface area contributed by atoms with Gasteiger partial charge in [-0.2, -0.15) is 0 Å². The monoisotopic (exact) mass is 292 g/mol. The average Bonchev–Trinajstić information content (AvgIpc) is 2.36. The zero-order valence-electron chi connectivity index (χ0n) is 11.1. The standard InChI is InChI=1S/C11H22N3O4S/c1-9(11(12)16)14-5-3-10(4-6-14)13-19(17,18)8-2-7-15/h2,9-10,13,15H,3-8H2,1H3,(H2,12,16)/t9-/m0/s1. The minimum Gasteiger partial charge on any atom is -0.396 e. The maximum absolute atomic E-state index is 11.6. The number of rotatable bonds is 7. The number of hydrogen-bond donors (Lipinski definition) is 3. The topological polar surface area (TPSA) is 113 Å². The molecule has 1 rings (SSSR count). The van der Waals surface area contributed by atoms with Crippen molar-refractivity contribution in [3.63, 3.8) is 0 Å². The maximum Gasteiger partial charge on any atom is 0.234 e.